The number of unbranched alkanes of at least 4 members (excludes halogenated alkanes) is 1. The first kappa shape index (κ1) is 15.7. The molecule has 0 aliphatic heterocycles. The van der Waals surface area contributed by atoms with E-state index in [4.69, 9.17) is 0 Å². The highest BCUT2D eigenvalue weighted by atomic mass is 16.1. The number of hydrogen-bond donors (Lipinski definition) is 0. The van der Waals surface area contributed by atoms with Crippen molar-refractivity contribution < 1.29 is 4.79 Å². The van der Waals surface area contributed by atoms with Crippen LogP contribution in [0.1, 0.15) is 71.6 Å². The lowest BCUT2D eigenvalue weighted by atomic mass is 9.53. The first-order valence-electron chi connectivity index (χ1n) is 10.1. The smallest absolute Gasteiger partial charge is 0.155 e. The van der Waals surface area contributed by atoms with Crippen LogP contribution >= 0.6 is 0 Å². The molecule has 2 fully saturated rings. The van der Waals surface area contributed by atoms with Crippen molar-refractivity contribution in [1.82, 2.24) is 0 Å². The van der Waals surface area contributed by atoms with Crippen molar-refractivity contribution in [2.75, 3.05) is 0 Å². The number of carbonyl (C=O) groups is 1. The molecule has 4 rings (SSSR count). The molecule has 0 heterocycles. The lowest BCUT2D eigenvalue weighted by Crippen LogP contribution is -2.44. The lowest BCUT2D eigenvalue weighted by molar-refractivity contribution is -0.115. The van der Waals surface area contributed by atoms with Crippen molar-refractivity contribution in [3.05, 3.63) is 23.8 Å². The Bertz CT molecular complexity index is 542. The Labute approximate surface area is 141 Å². The minimum Gasteiger partial charge on any atom is -0.295 e. The lowest BCUT2D eigenvalue weighted by Gasteiger charge is -2.52. The molecule has 5 unspecified atom stereocenters. The average molecular weight is 312 g/mol. The summed E-state index contributed by atoms with van der Waals surface area (Å²) >= 11 is 0. The van der Waals surface area contributed by atoms with Crippen LogP contribution in [0.5, 0.6) is 0 Å². The van der Waals surface area contributed by atoms with Crippen molar-refractivity contribution >= 4 is 5.78 Å². The molecule has 0 aromatic heterocycles. The predicted molar refractivity (Wildman–Crippen MR) is 95.0 cm³/mol. The Morgan fingerprint density at radius 1 is 1.22 bits per heavy atom. The maximum atomic E-state index is 11.7. The Kier molecular flexibility index (Phi) is 4.02. The van der Waals surface area contributed by atoms with Crippen LogP contribution in [0.4, 0.5) is 0 Å². The maximum absolute atomic E-state index is 11.7. The Morgan fingerprint density at radius 2 is 2.09 bits per heavy atom. The van der Waals surface area contributed by atoms with Crippen LogP contribution in [0, 0.1) is 35.0 Å². The number of ketones is 1. The van der Waals surface area contributed by atoms with Crippen LogP contribution in [0.15, 0.2) is 23.8 Å². The van der Waals surface area contributed by atoms with Crippen molar-refractivity contribution in [2.24, 2.45) is 35.0 Å². The van der Waals surface area contributed by atoms with Crippen LogP contribution in [0.3, 0.4) is 0 Å². The molecule has 0 spiro atoms. The van der Waals surface area contributed by atoms with Gasteiger partial charge in [-0.25, -0.2) is 0 Å². The second-order valence-corrected chi connectivity index (χ2v) is 8.92. The second kappa shape index (κ2) is 5.90. The Morgan fingerprint density at radius 3 is 2.91 bits per heavy atom. The largest absolute Gasteiger partial charge is 0.295 e. The summed E-state index contributed by atoms with van der Waals surface area (Å²) in [5.41, 5.74) is 1.94. The number of rotatable bonds is 3. The summed E-state index contributed by atoms with van der Waals surface area (Å²) in [6.07, 6.45) is 18.6. The molecule has 1 heteroatoms. The van der Waals surface area contributed by atoms with Crippen LogP contribution in [0.2, 0.25) is 0 Å². The van der Waals surface area contributed by atoms with Crippen molar-refractivity contribution in [2.45, 2.75) is 71.6 Å². The Hall–Kier alpha value is -0.850. The van der Waals surface area contributed by atoms with E-state index in [9.17, 15) is 4.79 Å². The maximum Gasteiger partial charge on any atom is 0.155 e. The van der Waals surface area contributed by atoms with Gasteiger partial charge in [-0.1, -0.05) is 38.8 Å². The predicted octanol–water partition coefficient (Wildman–Crippen LogP) is 5.71. The van der Waals surface area contributed by atoms with Gasteiger partial charge in [0.15, 0.2) is 5.78 Å². The minimum absolute atomic E-state index is 0.348. The van der Waals surface area contributed by atoms with E-state index in [0.29, 0.717) is 17.1 Å². The summed E-state index contributed by atoms with van der Waals surface area (Å²) in [5.74, 6) is 4.51. The van der Waals surface area contributed by atoms with E-state index in [2.05, 4.69) is 26.0 Å². The molecular weight excluding hydrogens is 280 g/mol. The van der Waals surface area contributed by atoms with Crippen LogP contribution in [0.25, 0.3) is 0 Å². The van der Waals surface area contributed by atoms with Gasteiger partial charge in [-0.3, -0.25) is 4.79 Å². The van der Waals surface area contributed by atoms with Crippen LogP contribution in [-0.2, 0) is 4.79 Å². The molecule has 23 heavy (non-hydrogen) atoms. The molecule has 1 nitrogen and oxygen atoms in total. The first-order valence-corrected chi connectivity index (χ1v) is 10.1. The van der Waals surface area contributed by atoms with Crippen molar-refractivity contribution in [1.29, 1.82) is 0 Å². The van der Waals surface area contributed by atoms with Crippen LogP contribution < -0.4 is 0 Å². The third-order valence-corrected chi connectivity index (χ3v) is 7.97. The second-order valence-electron chi connectivity index (χ2n) is 8.92. The van der Waals surface area contributed by atoms with E-state index in [1.807, 2.05) is 6.08 Å². The van der Waals surface area contributed by atoms with Gasteiger partial charge in [-0.15, -0.1) is 0 Å². The number of allylic oxidation sites excluding steroid dienone is 4. The molecule has 4 aliphatic carbocycles. The fourth-order valence-electron chi connectivity index (χ4n) is 6.69. The van der Waals surface area contributed by atoms with E-state index in [0.717, 1.165) is 36.5 Å². The fraction of sp³-hybridized carbons (Fsp3) is 0.773. The molecule has 0 saturated heterocycles. The Balaban J connectivity index is 1.59. The summed E-state index contributed by atoms with van der Waals surface area (Å²) in [7, 11) is 0. The van der Waals surface area contributed by atoms with Gasteiger partial charge in [0.05, 0.1) is 0 Å². The van der Waals surface area contributed by atoms with Crippen molar-refractivity contribution in [3.8, 4) is 0 Å². The summed E-state index contributed by atoms with van der Waals surface area (Å²) in [5, 5.41) is 0. The van der Waals surface area contributed by atoms with Gasteiger partial charge in [0.1, 0.15) is 0 Å². The first-order chi connectivity index (χ1) is 11.1. The highest BCUT2D eigenvalue weighted by Crippen LogP contribution is 2.63. The molecule has 0 aromatic rings. The molecule has 0 N–H and O–H groups in total. The quantitative estimate of drug-likeness (QED) is 0.652. The van der Waals surface area contributed by atoms with Gasteiger partial charge in [-0.2, -0.15) is 0 Å². The van der Waals surface area contributed by atoms with E-state index in [-0.39, 0.29) is 0 Å². The van der Waals surface area contributed by atoms with Gasteiger partial charge in [-0.05, 0) is 85.2 Å². The minimum atomic E-state index is 0.348. The molecular formula is C22H32O. The van der Waals surface area contributed by atoms with Gasteiger partial charge in [0.25, 0.3) is 0 Å². The third kappa shape index (κ3) is 2.46. The normalized spacial score (nSPS) is 45.2. The average Bonchev–Trinajstić information content (AvgIpc) is 2.89. The summed E-state index contributed by atoms with van der Waals surface area (Å²) in [4.78, 5) is 11.7. The molecule has 0 amide bonds. The number of carbonyl (C=O) groups excluding carboxylic acids is 1. The zero-order valence-electron chi connectivity index (χ0n) is 14.9. The van der Waals surface area contributed by atoms with Gasteiger partial charge >= 0.3 is 0 Å². The highest BCUT2D eigenvalue weighted by molar-refractivity contribution is 5.91. The molecule has 0 bridgehead atoms. The summed E-state index contributed by atoms with van der Waals surface area (Å²) < 4.78 is 0. The SMILES string of the molecule is CCCC[C@H]1CCC2C3C=CC4=CC(=O)CCC4C3CCC21C. The van der Waals surface area contributed by atoms with Crippen molar-refractivity contribution in [3.63, 3.8) is 0 Å². The van der Waals surface area contributed by atoms with Gasteiger partial charge in [0, 0.05) is 6.42 Å². The zero-order chi connectivity index (χ0) is 16.0. The van der Waals surface area contributed by atoms with Gasteiger partial charge in [0.2, 0.25) is 0 Å². The van der Waals surface area contributed by atoms with Crippen LogP contribution in [-0.4, -0.2) is 5.78 Å². The molecule has 126 valence electrons. The summed E-state index contributed by atoms with van der Waals surface area (Å²) in [6.45, 7) is 4.94. The molecule has 0 radical (unpaired) electrons. The van der Waals surface area contributed by atoms with E-state index in [1.165, 1.54) is 50.5 Å². The third-order valence-electron chi connectivity index (χ3n) is 7.97. The highest BCUT2D eigenvalue weighted by Gasteiger charge is 2.54. The molecule has 0 aromatic carbocycles. The number of fused-ring (bicyclic) bond motifs is 5. The zero-order valence-corrected chi connectivity index (χ0v) is 14.9. The van der Waals surface area contributed by atoms with E-state index < -0.39 is 0 Å². The summed E-state index contributed by atoms with van der Waals surface area (Å²) in [6, 6.07) is 0. The van der Waals surface area contributed by atoms with Gasteiger partial charge < -0.3 is 0 Å². The topological polar surface area (TPSA) is 17.1 Å². The van der Waals surface area contributed by atoms with E-state index >= 15 is 0 Å². The monoisotopic (exact) mass is 312 g/mol. The fourth-order valence-corrected chi connectivity index (χ4v) is 6.69. The number of hydrogen-bond acceptors (Lipinski definition) is 1. The molecule has 4 aliphatic rings. The molecule has 6 atom stereocenters. The molecule has 2 saturated carbocycles. The standard InChI is InChI=1S/C22H32O/c1-3-4-5-16-7-11-21-20-9-6-15-14-17(23)8-10-18(15)19(20)12-13-22(16,21)2/h6,9,14,16,18-21H,3-5,7-8,10-13H2,1-2H3/t16-,18?,19?,20?,21?,22?/m0/s1. The van der Waals surface area contributed by atoms with E-state index in [1.54, 1.807) is 0 Å².